The van der Waals surface area contributed by atoms with Crippen LogP contribution in [0, 0.1) is 13.8 Å². The van der Waals surface area contributed by atoms with Gasteiger partial charge in [0.2, 0.25) is 0 Å². The molecule has 3 heteroatoms. The molecule has 0 spiro atoms. The molecule has 0 saturated heterocycles. The largest absolute Gasteiger partial charge is 0.326 e. The highest BCUT2D eigenvalue weighted by Crippen LogP contribution is 2.35. The smallest absolute Gasteiger partial charge is 0.0470 e. The molecule has 1 nitrogen and oxygen atoms in total. The second kappa shape index (κ2) is 5.43. The van der Waals surface area contributed by atoms with E-state index in [-0.39, 0.29) is 0 Å². The summed E-state index contributed by atoms with van der Waals surface area (Å²) >= 11 is 9.87. The molecule has 0 aliphatic carbocycles. The molecule has 2 aromatic rings. The first kappa shape index (κ1) is 13.6. The fourth-order valence-electron chi connectivity index (χ4n) is 2.13. The first-order chi connectivity index (χ1) is 8.56. The minimum Gasteiger partial charge on any atom is -0.326 e. The third-order valence-electron chi connectivity index (χ3n) is 3.19. The summed E-state index contributed by atoms with van der Waals surface area (Å²) in [5.74, 6) is 0. The molecular weight excluding hydrogens is 310 g/mol. The highest BCUT2D eigenvalue weighted by Gasteiger charge is 2.12. The van der Waals surface area contributed by atoms with Crippen LogP contribution in [0.3, 0.4) is 0 Å². The summed E-state index contributed by atoms with van der Waals surface area (Å²) in [5.41, 5.74) is 11.4. The molecule has 2 rings (SSSR count). The summed E-state index contributed by atoms with van der Waals surface area (Å²) in [6, 6.07) is 10.3. The fraction of sp³-hybridized carbons (Fsp3) is 0.200. The average molecular weight is 325 g/mol. The Morgan fingerprint density at radius 1 is 1.11 bits per heavy atom. The number of rotatable bonds is 2. The average Bonchev–Trinajstić information content (AvgIpc) is 2.36. The van der Waals surface area contributed by atoms with Crippen LogP contribution in [-0.4, -0.2) is 0 Å². The first-order valence-corrected chi connectivity index (χ1v) is 6.97. The predicted octanol–water partition coefficient (Wildman–Crippen LogP) is 4.85. The van der Waals surface area contributed by atoms with Crippen LogP contribution >= 0.6 is 27.5 Å². The van der Waals surface area contributed by atoms with Crippen LogP contribution in [0.5, 0.6) is 0 Å². The Hall–Kier alpha value is -0.830. The van der Waals surface area contributed by atoms with Gasteiger partial charge in [-0.15, -0.1) is 0 Å². The highest BCUT2D eigenvalue weighted by atomic mass is 79.9. The van der Waals surface area contributed by atoms with E-state index < -0.39 is 0 Å². The van der Waals surface area contributed by atoms with E-state index in [1.54, 1.807) is 0 Å². The van der Waals surface area contributed by atoms with E-state index in [4.69, 9.17) is 17.3 Å². The first-order valence-electron chi connectivity index (χ1n) is 5.79. The maximum atomic E-state index is 6.33. The Labute approximate surface area is 121 Å². The molecule has 94 valence electrons. The predicted molar refractivity (Wildman–Crippen MR) is 82.0 cm³/mol. The SMILES string of the molecule is Cc1ccc(-c2cccc(Br)c2CN)c(C)c1Cl. The van der Waals surface area contributed by atoms with Gasteiger partial charge in [0, 0.05) is 16.0 Å². The molecule has 18 heavy (non-hydrogen) atoms. The summed E-state index contributed by atoms with van der Waals surface area (Å²) in [6.07, 6.45) is 0. The molecule has 0 bridgehead atoms. The Morgan fingerprint density at radius 2 is 1.83 bits per heavy atom. The van der Waals surface area contributed by atoms with Gasteiger partial charge in [0.15, 0.2) is 0 Å². The van der Waals surface area contributed by atoms with Gasteiger partial charge in [-0.2, -0.15) is 0 Å². The standard InChI is InChI=1S/C15H15BrClN/c1-9-6-7-11(10(2)15(9)17)12-4-3-5-14(16)13(12)8-18/h3-7H,8,18H2,1-2H3. The molecule has 0 unspecified atom stereocenters. The van der Waals surface area contributed by atoms with E-state index in [0.717, 1.165) is 37.3 Å². The quantitative estimate of drug-likeness (QED) is 0.840. The third kappa shape index (κ3) is 2.33. The lowest BCUT2D eigenvalue weighted by Crippen LogP contribution is -2.01. The lowest BCUT2D eigenvalue weighted by Gasteiger charge is -2.14. The zero-order valence-corrected chi connectivity index (χ0v) is 12.8. The number of benzene rings is 2. The van der Waals surface area contributed by atoms with Crippen LogP contribution in [0.1, 0.15) is 16.7 Å². The van der Waals surface area contributed by atoms with Crippen LogP contribution in [0.25, 0.3) is 11.1 Å². The number of hydrogen-bond donors (Lipinski definition) is 1. The molecule has 0 heterocycles. The number of halogens is 2. The van der Waals surface area contributed by atoms with Crippen molar-refractivity contribution in [1.29, 1.82) is 0 Å². The van der Waals surface area contributed by atoms with Gasteiger partial charge in [-0.3, -0.25) is 0 Å². The number of aryl methyl sites for hydroxylation is 1. The van der Waals surface area contributed by atoms with Crippen molar-refractivity contribution in [2.24, 2.45) is 5.73 Å². The van der Waals surface area contributed by atoms with Gasteiger partial charge in [0.05, 0.1) is 0 Å². The number of hydrogen-bond acceptors (Lipinski definition) is 1. The monoisotopic (exact) mass is 323 g/mol. The second-order valence-electron chi connectivity index (χ2n) is 4.34. The summed E-state index contributed by atoms with van der Waals surface area (Å²) in [7, 11) is 0. The summed E-state index contributed by atoms with van der Waals surface area (Å²) in [4.78, 5) is 0. The molecule has 0 aliphatic heterocycles. The van der Waals surface area contributed by atoms with Crippen LogP contribution in [0.15, 0.2) is 34.8 Å². The van der Waals surface area contributed by atoms with Crippen molar-refractivity contribution in [2.45, 2.75) is 20.4 Å². The molecule has 0 aromatic heterocycles. The maximum absolute atomic E-state index is 6.33. The van der Waals surface area contributed by atoms with Gasteiger partial charge < -0.3 is 5.73 Å². The van der Waals surface area contributed by atoms with E-state index in [1.165, 1.54) is 0 Å². The van der Waals surface area contributed by atoms with Gasteiger partial charge >= 0.3 is 0 Å². The van der Waals surface area contributed by atoms with E-state index in [9.17, 15) is 0 Å². The fourth-order valence-corrected chi connectivity index (χ4v) is 2.82. The van der Waals surface area contributed by atoms with Crippen molar-refractivity contribution in [1.82, 2.24) is 0 Å². The molecule has 0 amide bonds. The zero-order valence-electron chi connectivity index (χ0n) is 10.4. The topological polar surface area (TPSA) is 26.0 Å². The number of nitrogens with two attached hydrogens (primary N) is 1. The molecule has 2 aromatic carbocycles. The minimum atomic E-state index is 0.502. The molecule has 0 saturated carbocycles. The third-order valence-corrected chi connectivity index (χ3v) is 4.52. The summed E-state index contributed by atoms with van der Waals surface area (Å²) in [6.45, 7) is 4.57. The Bertz CT molecular complexity index is 593. The van der Waals surface area contributed by atoms with Crippen LogP contribution in [-0.2, 0) is 6.54 Å². The van der Waals surface area contributed by atoms with E-state index >= 15 is 0 Å². The molecule has 0 fully saturated rings. The Balaban J connectivity index is 2.70. The van der Waals surface area contributed by atoms with E-state index in [0.29, 0.717) is 6.54 Å². The lowest BCUT2D eigenvalue weighted by atomic mass is 9.95. The van der Waals surface area contributed by atoms with Gasteiger partial charge in [-0.25, -0.2) is 0 Å². The van der Waals surface area contributed by atoms with Crippen molar-refractivity contribution in [3.63, 3.8) is 0 Å². The van der Waals surface area contributed by atoms with Crippen LogP contribution < -0.4 is 5.73 Å². The van der Waals surface area contributed by atoms with Crippen molar-refractivity contribution in [2.75, 3.05) is 0 Å². The normalized spacial score (nSPS) is 10.7. The molecule has 0 aliphatic rings. The lowest BCUT2D eigenvalue weighted by molar-refractivity contribution is 1.06. The molecular formula is C15H15BrClN. The minimum absolute atomic E-state index is 0.502. The zero-order chi connectivity index (χ0) is 13.3. The highest BCUT2D eigenvalue weighted by molar-refractivity contribution is 9.10. The van der Waals surface area contributed by atoms with Crippen molar-refractivity contribution in [3.05, 3.63) is 56.5 Å². The molecule has 0 radical (unpaired) electrons. The summed E-state index contributed by atoms with van der Waals surface area (Å²) < 4.78 is 1.04. The van der Waals surface area contributed by atoms with Gasteiger partial charge in [0.1, 0.15) is 0 Å². The van der Waals surface area contributed by atoms with Gasteiger partial charge in [-0.05, 0) is 47.7 Å². The van der Waals surface area contributed by atoms with Crippen molar-refractivity contribution >= 4 is 27.5 Å². The summed E-state index contributed by atoms with van der Waals surface area (Å²) in [5, 5.41) is 0.829. The van der Waals surface area contributed by atoms with E-state index in [1.807, 2.05) is 32.0 Å². The van der Waals surface area contributed by atoms with E-state index in [2.05, 4.69) is 28.1 Å². The van der Waals surface area contributed by atoms with Crippen LogP contribution in [0.4, 0.5) is 0 Å². The van der Waals surface area contributed by atoms with Crippen LogP contribution in [0.2, 0.25) is 5.02 Å². The van der Waals surface area contributed by atoms with Crippen molar-refractivity contribution < 1.29 is 0 Å². The second-order valence-corrected chi connectivity index (χ2v) is 5.57. The molecule has 0 atom stereocenters. The Morgan fingerprint density at radius 3 is 2.50 bits per heavy atom. The molecule has 2 N–H and O–H groups in total. The Kier molecular flexibility index (Phi) is 4.10. The van der Waals surface area contributed by atoms with Gasteiger partial charge in [0.25, 0.3) is 0 Å². The maximum Gasteiger partial charge on any atom is 0.0470 e. The van der Waals surface area contributed by atoms with Crippen molar-refractivity contribution in [3.8, 4) is 11.1 Å². The van der Waals surface area contributed by atoms with Gasteiger partial charge in [-0.1, -0.05) is 51.8 Å².